The van der Waals surface area contributed by atoms with E-state index in [4.69, 9.17) is 75.8 Å². The van der Waals surface area contributed by atoms with Crippen molar-refractivity contribution < 1.29 is 75.8 Å². The zero-order chi connectivity index (χ0) is 82.7. The molecule has 120 heavy (non-hydrogen) atoms. The van der Waals surface area contributed by atoms with Crippen molar-refractivity contribution in [3.63, 3.8) is 0 Å². The van der Waals surface area contributed by atoms with Crippen molar-refractivity contribution in [1.29, 1.82) is 0 Å². The van der Waals surface area contributed by atoms with Gasteiger partial charge in [-0.3, -0.25) is 0 Å². The highest BCUT2D eigenvalue weighted by Gasteiger charge is 2.51. The van der Waals surface area contributed by atoms with Crippen LogP contribution in [-0.2, 0) is 121 Å². The minimum atomic E-state index is -0.608. The molecule has 0 amide bonds. The molecule has 0 N–H and O–H groups in total. The second-order valence-corrected chi connectivity index (χ2v) is 33.3. The summed E-state index contributed by atoms with van der Waals surface area (Å²) in [4.78, 5) is 0. The molecule has 0 spiro atoms. The van der Waals surface area contributed by atoms with E-state index in [1.54, 1.807) is 56.9 Å². The maximum Gasteiger partial charge on any atom is 0.147 e. The lowest BCUT2D eigenvalue weighted by Crippen LogP contribution is -2.43. The van der Waals surface area contributed by atoms with E-state index in [0.717, 1.165) is 122 Å². The molecule has 0 saturated heterocycles. The number of rotatable bonds is 24. The van der Waals surface area contributed by atoms with Gasteiger partial charge >= 0.3 is 0 Å². The van der Waals surface area contributed by atoms with Crippen LogP contribution in [-0.4, -0.2) is 111 Å². The second-order valence-electron chi connectivity index (χ2n) is 33.3. The minimum Gasteiger partial charge on any atom is -0.359 e. The Labute approximate surface area is 707 Å². The van der Waals surface area contributed by atoms with Crippen LogP contribution < -0.4 is 0 Å². The zero-order valence-corrected chi connectivity index (χ0v) is 70.8. The van der Waals surface area contributed by atoms with Crippen LogP contribution in [0.2, 0.25) is 0 Å². The Bertz CT molecular complexity index is 4790. The minimum absolute atomic E-state index is 0.159. The molecule has 11 aromatic carbocycles. The van der Waals surface area contributed by atoms with Crippen LogP contribution in [0.25, 0.3) is 77.5 Å². The fourth-order valence-corrected chi connectivity index (χ4v) is 19.9. The molecule has 0 aliphatic heterocycles. The van der Waals surface area contributed by atoms with Crippen molar-refractivity contribution in [3.8, 4) is 66.8 Å². The molecule has 4 fully saturated rings. The summed E-state index contributed by atoms with van der Waals surface area (Å²) in [6.45, 7) is 1.29. The molecule has 16 nitrogen and oxygen atoms in total. The summed E-state index contributed by atoms with van der Waals surface area (Å²) < 4.78 is 99.5. The Balaban J connectivity index is 0.693. The summed E-state index contributed by atoms with van der Waals surface area (Å²) in [5.74, 6) is 0. The predicted octanol–water partition coefficient (Wildman–Crippen LogP) is 22.8. The molecule has 0 heterocycles. The van der Waals surface area contributed by atoms with Gasteiger partial charge in [-0.05, 0) is 237 Å². The highest BCUT2D eigenvalue weighted by molar-refractivity contribution is 5.91. The van der Waals surface area contributed by atoms with Crippen molar-refractivity contribution in [1.82, 2.24) is 0 Å². The summed E-state index contributed by atoms with van der Waals surface area (Å²) >= 11 is 0. The molecule has 38 rings (SSSR count). The van der Waals surface area contributed by atoms with Gasteiger partial charge in [0.05, 0.1) is 44.8 Å². The van der Waals surface area contributed by atoms with Crippen molar-refractivity contribution in [2.75, 3.05) is 111 Å². The van der Waals surface area contributed by atoms with Gasteiger partial charge in [0.15, 0.2) is 0 Å². The van der Waals surface area contributed by atoms with E-state index in [1.807, 2.05) is 0 Å². The van der Waals surface area contributed by atoms with E-state index in [1.165, 1.54) is 0 Å². The van der Waals surface area contributed by atoms with Crippen molar-refractivity contribution in [3.05, 3.63) is 299 Å². The van der Waals surface area contributed by atoms with E-state index in [-0.39, 0.29) is 54.3 Å². The molecular formula is C104H114O16. The highest BCUT2D eigenvalue weighted by atomic mass is 16.7. The summed E-state index contributed by atoms with van der Waals surface area (Å²) in [7, 11) is 13.5. The predicted molar refractivity (Wildman–Crippen MR) is 467 cm³/mol. The Morgan fingerprint density at radius 3 is 0.383 bits per heavy atom. The Kier molecular flexibility index (Phi) is 26.4. The quantitative estimate of drug-likeness (QED) is 0.0528. The molecule has 0 radical (unpaired) electrons. The van der Waals surface area contributed by atoms with Crippen LogP contribution in [0.5, 0.6) is 0 Å². The standard InChI is InChI=1S/C104H114O16/c1-105-67-113-97-49-53-99(54-50-97,115-69-107-3)91-37-21-79(22-38-91)81-25-41-93(42-26-81)101(117-71-109-5)57-61-103(62-58-101,119-73-111-7)95-45-29-83(30-46-95)85-13-15-88-66-86(14-16-87(88)65-85)84-31-47-96(48-32-84)104(120-74-112-8)63-59-102(60-64-104,118-72-110-6)94-43-27-82(28-44-94)80-23-39-92(40-24-80)100(116-70-108-4)55-51-98(52-56-100,114-68-106-2)90-35-19-78(20-36-90)76-11-9-75(10-12-76)77-17-33-89(97)34-18-77/h9-48,65-66H,49-64,67-74H2,1-8H3. The first-order valence-corrected chi connectivity index (χ1v) is 42.3. The van der Waals surface area contributed by atoms with Crippen LogP contribution in [0.4, 0.5) is 0 Å². The summed E-state index contributed by atoms with van der Waals surface area (Å²) in [5.41, 5.74) is 17.4. The monoisotopic (exact) mass is 1620 g/mol. The van der Waals surface area contributed by atoms with Gasteiger partial charge in [0.2, 0.25) is 0 Å². The number of ether oxygens (including phenoxy) is 16. The number of methoxy groups -OCH3 is 8. The largest absolute Gasteiger partial charge is 0.359 e. The molecule has 0 atom stereocenters. The molecule has 27 aliphatic carbocycles. The first kappa shape index (κ1) is 84.6. The van der Waals surface area contributed by atoms with E-state index in [0.29, 0.717) is 103 Å². The summed E-state index contributed by atoms with van der Waals surface area (Å²) in [6.07, 6.45) is 11.3. The Morgan fingerprint density at radius 2 is 0.258 bits per heavy atom. The van der Waals surface area contributed by atoms with Crippen molar-refractivity contribution in [2.45, 2.75) is 148 Å². The molecule has 11 aromatic rings. The van der Waals surface area contributed by atoms with E-state index in [9.17, 15) is 0 Å². The smallest absolute Gasteiger partial charge is 0.147 e. The van der Waals surface area contributed by atoms with Gasteiger partial charge in [-0.2, -0.15) is 0 Å². The average Bonchev–Trinajstić information content (AvgIpc) is 0.766. The van der Waals surface area contributed by atoms with Gasteiger partial charge in [0.1, 0.15) is 54.3 Å². The van der Waals surface area contributed by atoms with E-state index in [2.05, 4.69) is 255 Å². The van der Waals surface area contributed by atoms with E-state index < -0.39 is 44.8 Å². The highest BCUT2D eigenvalue weighted by Crippen LogP contribution is 2.56. The molecule has 0 unspecified atom stereocenters. The maximum atomic E-state index is 6.80. The lowest BCUT2D eigenvalue weighted by Gasteiger charge is -2.46. The lowest BCUT2D eigenvalue weighted by atomic mass is 9.70. The SMILES string of the molecule is COCOC12CCC(OCOC)(CC1)c1ccc(cc1)-c1ccc(cc1)C1(OCOC)CCC(OCOC)(CC1)c1ccc(cc1)-c1ccc3cc(ccc3c1)-c1ccc(cc1)C1(OCOC)CCC(OCOC)(CC1)c1ccc(cc1)-c1ccc(cc1)C1(OCOC)CCC(OCOC)(CC1)c1ccc(cc1)-c1ccc(cc1)-c1ccc2cc1. The van der Waals surface area contributed by atoms with E-state index >= 15 is 0 Å². The number of benzene rings is 11. The van der Waals surface area contributed by atoms with Gasteiger partial charge in [0.25, 0.3) is 0 Å². The van der Waals surface area contributed by atoms with Gasteiger partial charge < -0.3 is 75.8 Å². The molecule has 16 heteroatoms. The van der Waals surface area contributed by atoms with Gasteiger partial charge in [-0.1, -0.05) is 243 Å². The molecule has 27 aliphatic rings. The Morgan fingerprint density at radius 1 is 0.150 bits per heavy atom. The molecule has 30 bridgehead atoms. The fraction of sp³-hybridized carbons (Fsp3) is 0.385. The molecular weight excluding hydrogens is 1510 g/mol. The van der Waals surface area contributed by atoms with Crippen molar-refractivity contribution in [2.24, 2.45) is 0 Å². The molecule has 626 valence electrons. The fourth-order valence-electron chi connectivity index (χ4n) is 19.9. The maximum absolute atomic E-state index is 6.80. The zero-order valence-electron chi connectivity index (χ0n) is 70.8. The van der Waals surface area contributed by atoms with Gasteiger partial charge in [0, 0.05) is 56.9 Å². The molecule has 0 aromatic heterocycles. The van der Waals surface area contributed by atoms with Crippen LogP contribution >= 0.6 is 0 Å². The van der Waals surface area contributed by atoms with Crippen LogP contribution in [0.15, 0.2) is 255 Å². The normalized spacial score (nSPS) is 24.7. The first-order valence-electron chi connectivity index (χ1n) is 42.3. The van der Waals surface area contributed by atoms with Crippen LogP contribution in [0, 0.1) is 0 Å². The third-order valence-corrected chi connectivity index (χ3v) is 27.1. The summed E-state index contributed by atoms with van der Waals surface area (Å²) in [5, 5.41) is 2.32. The number of hydrogen-bond acceptors (Lipinski definition) is 16. The Hall–Kier alpha value is -8.96. The van der Waals surface area contributed by atoms with Crippen molar-refractivity contribution >= 4 is 10.8 Å². The van der Waals surface area contributed by atoms with Crippen LogP contribution in [0.1, 0.15) is 147 Å². The third-order valence-electron chi connectivity index (χ3n) is 27.1. The van der Waals surface area contributed by atoms with Gasteiger partial charge in [-0.25, -0.2) is 0 Å². The first-order chi connectivity index (χ1) is 58.7. The topological polar surface area (TPSA) is 148 Å². The van der Waals surface area contributed by atoms with Crippen LogP contribution in [0.3, 0.4) is 0 Å². The summed E-state index contributed by atoms with van der Waals surface area (Å²) in [6, 6.07) is 93.4. The second kappa shape index (κ2) is 37.4. The van der Waals surface area contributed by atoms with Gasteiger partial charge in [-0.15, -0.1) is 0 Å². The number of hydrogen-bond donors (Lipinski definition) is 0. The average molecular weight is 1620 g/mol. The molecule has 4 saturated carbocycles. The third kappa shape index (κ3) is 17.3. The lowest BCUT2D eigenvalue weighted by molar-refractivity contribution is -0.203.